The molecule has 7 heteroatoms. The van der Waals surface area contributed by atoms with Gasteiger partial charge in [0.25, 0.3) is 0 Å². The number of amides is 2. The fraction of sp³-hybridized carbons (Fsp3) is 0.556. The van der Waals surface area contributed by atoms with Crippen LogP contribution in [0.5, 0.6) is 0 Å². The molecule has 0 spiro atoms. The molecule has 25 heavy (non-hydrogen) atoms. The first-order chi connectivity index (χ1) is 12.0. The molecule has 3 unspecified atom stereocenters. The number of carbonyl (C=O) groups excluding carboxylic acids is 1. The first-order valence-corrected chi connectivity index (χ1v) is 8.72. The number of nitrogens with one attached hydrogen (secondary N) is 1. The van der Waals surface area contributed by atoms with E-state index in [9.17, 15) is 9.90 Å². The van der Waals surface area contributed by atoms with E-state index in [0.29, 0.717) is 18.9 Å². The molecule has 1 aliphatic rings. The number of nitrogens with zero attached hydrogens (tertiary/aromatic N) is 3. The number of aryl methyl sites for hydroxylation is 2. The van der Waals surface area contributed by atoms with Gasteiger partial charge in [-0.25, -0.2) is 9.78 Å². The number of hydrogen-bond acceptors (Lipinski definition) is 4. The van der Waals surface area contributed by atoms with Crippen molar-refractivity contribution in [1.82, 2.24) is 19.8 Å². The van der Waals surface area contributed by atoms with Gasteiger partial charge in [-0.1, -0.05) is 0 Å². The van der Waals surface area contributed by atoms with E-state index in [-0.39, 0.29) is 18.0 Å². The van der Waals surface area contributed by atoms with Crippen LogP contribution in [-0.4, -0.2) is 38.7 Å². The van der Waals surface area contributed by atoms with Crippen LogP contribution in [0.25, 0.3) is 0 Å². The maximum Gasteiger partial charge on any atom is 0.317 e. The summed E-state index contributed by atoms with van der Waals surface area (Å²) >= 11 is 0. The molecule has 2 aromatic rings. The second-order valence-electron chi connectivity index (χ2n) is 6.81. The van der Waals surface area contributed by atoms with Gasteiger partial charge in [-0.15, -0.1) is 0 Å². The number of rotatable bonds is 4. The molecule has 1 aliphatic heterocycles. The van der Waals surface area contributed by atoms with Crippen LogP contribution in [0.1, 0.15) is 49.3 Å². The summed E-state index contributed by atoms with van der Waals surface area (Å²) in [5, 5.41) is 13.6. The lowest BCUT2D eigenvalue weighted by molar-refractivity contribution is 0.0528. The summed E-state index contributed by atoms with van der Waals surface area (Å²) < 4.78 is 7.40. The van der Waals surface area contributed by atoms with E-state index in [2.05, 4.69) is 10.3 Å². The van der Waals surface area contributed by atoms with Gasteiger partial charge in [0.2, 0.25) is 0 Å². The number of imidazole rings is 1. The highest BCUT2D eigenvalue weighted by Gasteiger charge is 2.31. The monoisotopic (exact) mass is 346 g/mol. The highest BCUT2D eigenvalue weighted by atomic mass is 16.3. The molecule has 136 valence electrons. The number of carbonyl (C=O) groups is 1. The minimum absolute atomic E-state index is 0.0123. The number of aliphatic hydroxyl groups excluding tert-OH is 1. The van der Waals surface area contributed by atoms with Crippen molar-refractivity contribution in [3.05, 3.63) is 41.9 Å². The molecule has 3 heterocycles. The topological polar surface area (TPSA) is 83.5 Å². The maximum atomic E-state index is 12.6. The minimum atomic E-state index is -0.666. The van der Waals surface area contributed by atoms with Crippen LogP contribution in [0.4, 0.5) is 4.79 Å². The summed E-state index contributed by atoms with van der Waals surface area (Å²) in [4.78, 5) is 18.6. The Kier molecular flexibility index (Phi) is 5.13. The lowest BCUT2D eigenvalue weighted by Gasteiger charge is -2.35. The summed E-state index contributed by atoms with van der Waals surface area (Å²) in [6.07, 6.45) is 4.58. The molecular weight excluding hydrogens is 320 g/mol. The smallest absolute Gasteiger partial charge is 0.317 e. The van der Waals surface area contributed by atoms with Crippen molar-refractivity contribution in [2.24, 2.45) is 13.0 Å². The molecule has 0 aliphatic carbocycles. The van der Waals surface area contributed by atoms with E-state index in [1.54, 1.807) is 11.1 Å². The summed E-state index contributed by atoms with van der Waals surface area (Å²) in [5.41, 5.74) is 0. The van der Waals surface area contributed by atoms with Crippen molar-refractivity contribution in [1.29, 1.82) is 0 Å². The number of hydrogen-bond donors (Lipinski definition) is 2. The van der Waals surface area contributed by atoms with Gasteiger partial charge >= 0.3 is 6.03 Å². The summed E-state index contributed by atoms with van der Waals surface area (Å²) in [5.74, 6) is 2.20. The zero-order valence-corrected chi connectivity index (χ0v) is 15.0. The SMILES string of the molecule is Cc1ccc(C(C)NC(=O)N2CCCC(C(O)c3nccn3C)C2)o1. The van der Waals surface area contributed by atoms with Crippen LogP contribution in [-0.2, 0) is 7.05 Å². The Balaban J connectivity index is 1.60. The minimum Gasteiger partial charge on any atom is -0.464 e. The average Bonchev–Trinajstić information content (AvgIpc) is 3.22. The van der Waals surface area contributed by atoms with Crippen molar-refractivity contribution in [3.8, 4) is 0 Å². The molecule has 1 saturated heterocycles. The Labute approximate surface area is 147 Å². The van der Waals surface area contributed by atoms with Gasteiger partial charge in [-0.05, 0) is 38.8 Å². The normalized spacial score (nSPS) is 20.3. The van der Waals surface area contributed by atoms with Crippen molar-refractivity contribution in [3.63, 3.8) is 0 Å². The third kappa shape index (κ3) is 3.87. The van der Waals surface area contributed by atoms with Crippen LogP contribution >= 0.6 is 0 Å². The predicted octanol–water partition coefficient (Wildman–Crippen LogP) is 2.54. The fourth-order valence-corrected chi connectivity index (χ4v) is 3.36. The van der Waals surface area contributed by atoms with E-state index >= 15 is 0 Å². The van der Waals surface area contributed by atoms with Gasteiger partial charge in [0.15, 0.2) is 0 Å². The summed E-state index contributed by atoms with van der Waals surface area (Å²) in [7, 11) is 1.87. The Morgan fingerprint density at radius 2 is 2.28 bits per heavy atom. The number of aliphatic hydroxyl groups is 1. The van der Waals surface area contributed by atoms with Gasteiger partial charge in [-0.3, -0.25) is 0 Å². The molecule has 3 atom stereocenters. The summed E-state index contributed by atoms with van der Waals surface area (Å²) in [6.45, 7) is 5.00. The fourth-order valence-electron chi connectivity index (χ4n) is 3.36. The van der Waals surface area contributed by atoms with Gasteiger partial charge in [0, 0.05) is 38.4 Å². The number of furan rings is 1. The van der Waals surface area contributed by atoms with Crippen LogP contribution < -0.4 is 5.32 Å². The van der Waals surface area contributed by atoms with E-state index in [0.717, 1.165) is 24.4 Å². The number of urea groups is 1. The second kappa shape index (κ2) is 7.31. The Hall–Kier alpha value is -2.28. The molecule has 0 aromatic carbocycles. The average molecular weight is 346 g/mol. The third-order valence-electron chi connectivity index (χ3n) is 4.84. The van der Waals surface area contributed by atoms with E-state index in [1.807, 2.05) is 43.8 Å². The second-order valence-corrected chi connectivity index (χ2v) is 6.81. The van der Waals surface area contributed by atoms with Gasteiger partial charge in [-0.2, -0.15) is 0 Å². The first-order valence-electron chi connectivity index (χ1n) is 8.72. The van der Waals surface area contributed by atoms with Crippen LogP contribution in [0, 0.1) is 12.8 Å². The number of aromatic nitrogens is 2. The Bertz CT molecular complexity index is 723. The molecule has 0 bridgehead atoms. The molecule has 2 aromatic heterocycles. The standard InChI is InChI=1S/C18H26N4O3/c1-12-6-7-15(25-12)13(2)20-18(24)22-9-4-5-14(11-22)16(23)17-19-8-10-21(17)3/h6-8,10,13-14,16,23H,4-5,9,11H2,1-3H3,(H,20,24). The molecule has 2 N–H and O–H groups in total. The summed E-state index contributed by atoms with van der Waals surface area (Å²) in [6, 6.07) is 3.45. The molecule has 7 nitrogen and oxygen atoms in total. The van der Waals surface area contributed by atoms with Gasteiger partial charge < -0.3 is 24.3 Å². The number of piperidine rings is 1. The van der Waals surface area contributed by atoms with Crippen LogP contribution in [0.15, 0.2) is 28.9 Å². The highest BCUT2D eigenvalue weighted by Crippen LogP contribution is 2.29. The quantitative estimate of drug-likeness (QED) is 0.891. The molecule has 0 radical (unpaired) electrons. The van der Waals surface area contributed by atoms with E-state index in [4.69, 9.17) is 4.42 Å². The molecule has 0 saturated carbocycles. The molecule has 3 rings (SSSR count). The largest absolute Gasteiger partial charge is 0.464 e. The van der Waals surface area contributed by atoms with Crippen LogP contribution in [0.2, 0.25) is 0 Å². The van der Waals surface area contributed by atoms with Gasteiger partial charge in [0.05, 0.1) is 6.04 Å². The highest BCUT2D eigenvalue weighted by molar-refractivity contribution is 5.74. The van der Waals surface area contributed by atoms with E-state index < -0.39 is 6.10 Å². The van der Waals surface area contributed by atoms with Gasteiger partial charge in [0.1, 0.15) is 23.4 Å². The lowest BCUT2D eigenvalue weighted by atomic mass is 9.92. The Morgan fingerprint density at radius 1 is 1.48 bits per heavy atom. The zero-order valence-electron chi connectivity index (χ0n) is 15.0. The molecule has 1 fully saturated rings. The van der Waals surface area contributed by atoms with E-state index in [1.165, 1.54) is 0 Å². The zero-order chi connectivity index (χ0) is 18.0. The molecular formula is C18H26N4O3. The van der Waals surface area contributed by atoms with Crippen molar-refractivity contribution >= 4 is 6.03 Å². The van der Waals surface area contributed by atoms with Crippen LogP contribution in [0.3, 0.4) is 0 Å². The van der Waals surface area contributed by atoms with Crippen molar-refractivity contribution in [2.45, 2.75) is 38.8 Å². The van der Waals surface area contributed by atoms with Crippen molar-refractivity contribution in [2.75, 3.05) is 13.1 Å². The maximum absolute atomic E-state index is 12.6. The Morgan fingerprint density at radius 3 is 2.92 bits per heavy atom. The van der Waals surface area contributed by atoms with Crippen molar-refractivity contribution < 1.29 is 14.3 Å². The first kappa shape index (κ1) is 17.5. The predicted molar refractivity (Wildman–Crippen MR) is 92.9 cm³/mol. The number of likely N-dealkylation sites (tertiary alicyclic amines) is 1. The third-order valence-corrected chi connectivity index (χ3v) is 4.84. The molecule has 2 amide bonds. The lowest BCUT2D eigenvalue weighted by Crippen LogP contribution is -2.47.